The Kier molecular flexibility index (Phi) is 4.09. The molecule has 0 bridgehead atoms. The monoisotopic (exact) mass is 308 g/mol. The van der Waals surface area contributed by atoms with E-state index < -0.39 is 5.23 Å². The van der Waals surface area contributed by atoms with E-state index >= 15 is 0 Å². The number of nitrogens with zero attached hydrogens (tertiary/aromatic N) is 4. The molecular weight excluding hydrogens is 296 g/mol. The van der Waals surface area contributed by atoms with Gasteiger partial charge in [0.15, 0.2) is 23.0 Å². The summed E-state index contributed by atoms with van der Waals surface area (Å²) in [4.78, 5) is 3.80. The highest BCUT2D eigenvalue weighted by molar-refractivity contribution is 7.71. The number of anilines is 2. The molecule has 1 heterocycles. The van der Waals surface area contributed by atoms with Gasteiger partial charge in [0.1, 0.15) is 0 Å². The molecule has 0 aliphatic carbocycles. The molecule has 1 aromatic heterocycles. The van der Waals surface area contributed by atoms with Gasteiger partial charge >= 0.3 is 0 Å². The number of aromatic nitrogens is 2. The third-order valence-corrected chi connectivity index (χ3v) is 2.83. The maximum absolute atomic E-state index is 10.7. The molecule has 11 heteroatoms. The lowest BCUT2D eigenvalue weighted by atomic mass is 10.3. The molecule has 1 aromatic carbocycles. The summed E-state index contributed by atoms with van der Waals surface area (Å²) in [7, 11) is 0. The Balaban J connectivity index is 2.34. The predicted octanol–water partition coefficient (Wildman–Crippen LogP) is 0.310. The number of nitrogens with one attached hydrogen (secondary N) is 1. The van der Waals surface area contributed by atoms with Crippen LogP contribution in [0, 0.1) is 9.98 Å². The molecule has 1 atom stereocenters. The molecule has 21 heavy (non-hydrogen) atoms. The molecule has 8 N–H and O–H groups in total. The highest BCUT2D eigenvalue weighted by atomic mass is 32.1. The smallest absolute Gasteiger partial charge is 0.222 e. The topological polar surface area (TPSA) is 168 Å². The predicted molar refractivity (Wildman–Crippen MR) is 78.4 cm³/mol. The van der Waals surface area contributed by atoms with Crippen LogP contribution in [-0.2, 0) is 0 Å². The van der Waals surface area contributed by atoms with Crippen molar-refractivity contribution in [1.29, 1.82) is 0 Å². The molecule has 10 nitrogen and oxygen atoms in total. The molecule has 0 saturated heterocycles. The summed E-state index contributed by atoms with van der Waals surface area (Å²) in [5, 5.41) is 26.3. The van der Waals surface area contributed by atoms with Gasteiger partial charge in [-0.2, -0.15) is 15.3 Å². The maximum Gasteiger partial charge on any atom is 0.222 e. The van der Waals surface area contributed by atoms with Crippen LogP contribution in [0.3, 0.4) is 0 Å². The van der Waals surface area contributed by atoms with Gasteiger partial charge in [-0.1, -0.05) is 0 Å². The number of azo groups is 1. The van der Waals surface area contributed by atoms with Crippen LogP contribution in [0.1, 0.15) is 0 Å². The van der Waals surface area contributed by atoms with Crippen molar-refractivity contribution in [2.45, 2.75) is 0 Å². The first kappa shape index (κ1) is 14.8. The second kappa shape index (κ2) is 5.80. The van der Waals surface area contributed by atoms with Crippen molar-refractivity contribution >= 4 is 40.9 Å². The van der Waals surface area contributed by atoms with Crippen molar-refractivity contribution < 1.29 is 10.4 Å². The van der Waals surface area contributed by atoms with E-state index in [1.54, 1.807) is 0 Å². The average molecular weight is 308 g/mol. The van der Waals surface area contributed by atoms with Crippen LogP contribution in [-0.4, -0.2) is 14.9 Å². The molecule has 0 amide bonds. The van der Waals surface area contributed by atoms with Crippen molar-refractivity contribution in [3.63, 3.8) is 0 Å². The summed E-state index contributed by atoms with van der Waals surface area (Å²) < 4.78 is 0.989. The van der Waals surface area contributed by atoms with Crippen molar-refractivity contribution in [3.8, 4) is 0 Å². The zero-order valence-electron chi connectivity index (χ0n) is 10.6. The second-order valence-corrected chi connectivity index (χ2v) is 4.30. The lowest BCUT2D eigenvalue weighted by Crippen LogP contribution is -2.99. The van der Waals surface area contributed by atoms with Gasteiger partial charge in [0, 0.05) is 12.1 Å². The molecule has 110 valence electrons. The van der Waals surface area contributed by atoms with Crippen LogP contribution in [0.15, 0.2) is 34.5 Å². The first-order valence-electron chi connectivity index (χ1n) is 5.58. The van der Waals surface area contributed by atoms with Crippen LogP contribution in [0.4, 0.5) is 28.7 Å². The summed E-state index contributed by atoms with van der Waals surface area (Å²) in [5.41, 5.74) is 12.0. The van der Waals surface area contributed by atoms with Crippen LogP contribution >= 0.6 is 12.2 Å². The average Bonchev–Trinajstić information content (AvgIpc) is 2.45. The van der Waals surface area contributed by atoms with E-state index in [1.165, 1.54) is 24.3 Å². The SMILES string of the molecule is Nc1nc(=S)n(N)c(N)c1N=Nc1ccc([NH+]([O-])O)cc1. The number of benzene rings is 1. The minimum atomic E-state index is -1.03. The van der Waals surface area contributed by atoms with Gasteiger partial charge in [-0.05, 0) is 24.4 Å². The summed E-state index contributed by atoms with van der Waals surface area (Å²) in [6, 6.07) is 5.78. The molecule has 0 spiro atoms. The highest BCUT2D eigenvalue weighted by Crippen LogP contribution is 2.28. The van der Waals surface area contributed by atoms with Gasteiger partial charge in [-0.25, -0.2) is 9.88 Å². The third kappa shape index (κ3) is 3.11. The molecule has 0 fully saturated rings. The lowest BCUT2D eigenvalue weighted by Gasteiger charge is -2.10. The number of rotatable bonds is 3. The van der Waals surface area contributed by atoms with Crippen molar-refractivity contribution in [2.75, 3.05) is 17.3 Å². The normalized spacial score (nSPS) is 12.7. The lowest BCUT2D eigenvalue weighted by molar-refractivity contribution is -0.991. The maximum atomic E-state index is 10.7. The molecular formula is C10H12N8O2S. The zero-order valence-corrected chi connectivity index (χ0v) is 11.4. The molecule has 0 aliphatic rings. The fourth-order valence-corrected chi connectivity index (χ4v) is 1.64. The van der Waals surface area contributed by atoms with Crippen LogP contribution in [0.25, 0.3) is 0 Å². The van der Waals surface area contributed by atoms with Gasteiger partial charge in [-0.15, -0.1) is 5.11 Å². The van der Waals surface area contributed by atoms with Gasteiger partial charge in [0.25, 0.3) is 0 Å². The zero-order chi connectivity index (χ0) is 15.6. The molecule has 1 unspecified atom stereocenters. The molecule has 2 rings (SSSR count). The first-order chi connectivity index (χ1) is 9.90. The van der Waals surface area contributed by atoms with Gasteiger partial charge in [0.05, 0.1) is 5.69 Å². The summed E-state index contributed by atoms with van der Waals surface area (Å²) in [6.45, 7) is 0. The minimum Gasteiger partial charge on any atom is -0.595 e. The Morgan fingerprint density at radius 1 is 1.24 bits per heavy atom. The van der Waals surface area contributed by atoms with Crippen LogP contribution in [0.2, 0.25) is 0 Å². The van der Waals surface area contributed by atoms with Crippen LogP contribution < -0.4 is 22.5 Å². The quantitative estimate of drug-likeness (QED) is 0.235. The number of hydrogen-bond acceptors (Lipinski definition) is 9. The van der Waals surface area contributed by atoms with Crippen LogP contribution in [0.5, 0.6) is 0 Å². The standard InChI is InChI=1S/C10H12N8O2S/c11-8-7(9(12)17(13)10(21)14-8)16-15-5-1-3-6(4-2-5)18(19)20/h1-4,18-19H,12-13H2,(H2,11,14,21). The Hall–Kier alpha value is -2.60. The van der Waals surface area contributed by atoms with Crippen molar-refractivity contribution in [1.82, 2.24) is 9.66 Å². The Bertz CT molecular complexity index is 740. The Morgan fingerprint density at radius 2 is 1.86 bits per heavy atom. The van der Waals surface area contributed by atoms with E-state index in [0.717, 1.165) is 4.68 Å². The van der Waals surface area contributed by atoms with Gasteiger partial charge in [0.2, 0.25) is 4.77 Å². The summed E-state index contributed by atoms with van der Waals surface area (Å²) in [6.07, 6.45) is 0. The second-order valence-electron chi connectivity index (χ2n) is 3.94. The number of hydrogen-bond donors (Lipinski definition) is 5. The van der Waals surface area contributed by atoms with E-state index in [0.29, 0.717) is 5.69 Å². The van der Waals surface area contributed by atoms with Gasteiger partial charge < -0.3 is 22.5 Å². The fraction of sp³-hybridized carbons (Fsp3) is 0. The third-order valence-electron chi connectivity index (χ3n) is 2.55. The van der Waals surface area contributed by atoms with Gasteiger partial charge in [-0.3, -0.25) is 0 Å². The fourth-order valence-electron chi connectivity index (χ4n) is 1.44. The van der Waals surface area contributed by atoms with E-state index in [2.05, 4.69) is 15.2 Å². The number of nitrogens with two attached hydrogens (primary N) is 3. The minimum absolute atomic E-state index is 0.00473. The summed E-state index contributed by atoms with van der Waals surface area (Å²) >= 11 is 4.84. The Morgan fingerprint density at radius 3 is 2.43 bits per heavy atom. The number of quaternary nitrogens is 1. The van der Waals surface area contributed by atoms with Crippen molar-refractivity contribution in [2.24, 2.45) is 10.2 Å². The summed E-state index contributed by atoms with van der Waals surface area (Å²) in [5.74, 6) is 5.61. The molecule has 0 aliphatic heterocycles. The Labute approximate surface area is 123 Å². The number of nitrogen functional groups attached to an aromatic ring is 3. The highest BCUT2D eigenvalue weighted by Gasteiger charge is 2.09. The van der Waals surface area contributed by atoms with E-state index in [9.17, 15) is 5.21 Å². The van der Waals surface area contributed by atoms with E-state index in [1.807, 2.05) is 0 Å². The first-order valence-corrected chi connectivity index (χ1v) is 5.99. The largest absolute Gasteiger partial charge is 0.595 e. The molecule has 2 aromatic rings. The van der Waals surface area contributed by atoms with Crippen molar-refractivity contribution in [3.05, 3.63) is 34.2 Å². The molecule has 0 saturated carbocycles. The van der Waals surface area contributed by atoms with E-state index in [-0.39, 0.29) is 27.8 Å². The molecule has 0 radical (unpaired) electrons. The van der Waals surface area contributed by atoms with E-state index in [4.69, 9.17) is 34.7 Å².